The number of carbonyl (C=O) groups is 2. The first kappa shape index (κ1) is 16.9. The van der Waals surface area contributed by atoms with E-state index in [0.717, 1.165) is 0 Å². The minimum atomic E-state index is -0.392. The van der Waals surface area contributed by atoms with Crippen molar-refractivity contribution in [3.05, 3.63) is 12.4 Å². The van der Waals surface area contributed by atoms with Crippen molar-refractivity contribution in [1.82, 2.24) is 20.0 Å². The van der Waals surface area contributed by atoms with Crippen LogP contribution in [0.3, 0.4) is 0 Å². The van der Waals surface area contributed by atoms with Gasteiger partial charge in [0.1, 0.15) is 12.6 Å². The standard InChI is InChI=1S/C15H23N5O4/c1-11-14(16-2-5-24-11)15(22)18-12-8-17-20(9-12)10-13(21)19-3-6-23-7-4-19/h8-9,11,14,16H,2-7,10H2,1H3,(H,18,22)/t11-,14+/m1/s1. The molecule has 2 atom stereocenters. The Morgan fingerprint density at radius 2 is 2.17 bits per heavy atom. The van der Waals surface area contributed by atoms with E-state index in [1.807, 2.05) is 6.92 Å². The van der Waals surface area contributed by atoms with E-state index in [9.17, 15) is 9.59 Å². The van der Waals surface area contributed by atoms with Crippen LogP contribution in [0.1, 0.15) is 6.92 Å². The van der Waals surface area contributed by atoms with Crippen LogP contribution in [0, 0.1) is 0 Å². The fourth-order valence-electron chi connectivity index (χ4n) is 2.81. The maximum atomic E-state index is 12.3. The Kier molecular flexibility index (Phi) is 5.44. The van der Waals surface area contributed by atoms with Crippen LogP contribution in [0.25, 0.3) is 0 Å². The number of amides is 2. The number of nitrogens with zero attached hydrogens (tertiary/aromatic N) is 3. The minimum Gasteiger partial charge on any atom is -0.378 e. The van der Waals surface area contributed by atoms with Gasteiger partial charge in [0.05, 0.1) is 37.8 Å². The normalized spacial score (nSPS) is 24.6. The number of anilines is 1. The van der Waals surface area contributed by atoms with E-state index in [1.165, 1.54) is 4.68 Å². The average molecular weight is 337 g/mol. The molecule has 0 radical (unpaired) electrons. The van der Waals surface area contributed by atoms with Crippen molar-refractivity contribution < 1.29 is 19.1 Å². The highest BCUT2D eigenvalue weighted by Crippen LogP contribution is 2.10. The Morgan fingerprint density at radius 1 is 1.38 bits per heavy atom. The predicted molar refractivity (Wildman–Crippen MR) is 85.5 cm³/mol. The van der Waals surface area contributed by atoms with Crippen molar-refractivity contribution in [1.29, 1.82) is 0 Å². The lowest BCUT2D eigenvalue weighted by atomic mass is 10.1. The first-order valence-electron chi connectivity index (χ1n) is 8.17. The molecule has 0 saturated carbocycles. The van der Waals surface area contributed by atoms with E-state index in [4.69, 9.17) is 9.47 Å². The molecule has 2 saturated heterocycles. The van der Waals surface area contributed by atoms with Crippen LogP contribution in [0.15, 0.2) is 12.4 Å². The highest BCUT2D eigenvalue weighted by Gasteiger charge is 2.28. The lowest BCUT2D eigenvalue weighted by Crippen LogP contribution is -2.53. The second kappa shape index (κ2) is 7.73. The second-order valence-corrected chi connectivity index (χ2v) is 5.92. The SMILES string of the molecule is C[C@H]1OCCN[C@@H]1C(=O)Nc1cnn(CC(=O)N2CCOCC2)c1. The summed E-state index contributed by atoms with van der Waals surface area (Å²) >= 11 is 0. The van der Waals surface area contributed by atoms with Gasteiger partial charge in [0.2, 0.25) is 11.8 Å². The summed E-state index contributed by atoms with van der Waals surface area (Å²) in [4.78, 5) is 26.2. The number of nitrogens with one attached hydrogen (secondary N) is 2. The van der Waals surface area contributed by atoms with E-state index in [0.29, 0.717) is 45.1 Å². The summed E-state index contributed by atoms with van der Waals surface area (Å²) in [5.41, 5.74) is 0.564. The molecule has 0 bridgehead atoms. The quantitative estimate of drug-likeness (QED) is 0.736. The van der Waals surface area contributed by atoms with Crippen molar-refractivity contribution >= 4 is 17.5 Å². The number of rotatable bonds is 4. The molecule has 3 heterocycles. The van der Waals surface area contributed by atoms with Gasteiger partial charge in [0.25, 0.3) is 0 Å². The van der Waals surface area contributed by atoms with E-state index in [-0.39, 0.29) is 24.5 Å². The van der Waals surface area contributed by atoms with Crippen molar-refractivity contribution in [2.45, 2.75) is 25.6 Å². The first-order valence-corrected chi connectivity index (χ1v) is 8.17. The summed E-state index contributed by atoms with van der Waals surface area (Å²) in [5, 5.41) is 10.1. The van der Waals surface area contributed by atoms with Crippen LogP contribution in [-0.2, 0) is 25.6 Å². The van der Waals surface area contributed by atoms with Gasteiger partial charge in [-0.15, -0.1) is 0 Å². The van der Waals surface area contributed by atoms with Crippen molar-refractivity contribution in [2.75, 3.05) is 44.8 Å². The van der Waals surface area contributed by atoms with Gasteiger partial charge in [-0.1, -0.05) is 0 Å². The van der Waals surface area contributed by atoms with Gasteiger partial charge in [-0.25, -0.2) is 0 Å². The lowest BCUT2D eigenvalue weighted by Gasteiger charge is -2.29. The summed E-state index contributed by atoms with van der Waals surface area (Å²) in [7, 11) is 0. The third-order valence-electron chi connectivity index (χ3n) is 4.16. The van der Waals surface area contributed by atoms with E-state index in [1.54, 1.807) is 17.3 Å². The molecule has 1 aromatic heterocycles. The number of aromatic nitrogens is 2. The van der Waals surface area contributed by atoms with Crippen LogP contribution in [0.4, 0.5) is 5.69 Å². The fourth-order valence-corrected chi connectivity index (χ4v) is 2.81. The van der Waals surface area contributed by atoms with Gasteiger partial charge in [0.15, 0.2) is 0 Å². The molecule has 0 unspecified atom stereocenters. The van der Waals surface area contributed by atoms with Crippen molar-refractivity contribution in [2.24, 2.45) is 0 Å². The largest absolute Gasteiger partial charge is 0.378 e. The third kappa shape index (κ3) is 4.11. The molecule has 2 N–H and O–H groups in total. The summed E-state index contributed by atoms with van der Waals surface area (Å²) < 4.78 is 12.2. The molecule has 24 heavy (non-hydrogen) atoms. The zero-order valence-electron chi connectivity index (χ0n) is 13.7. The molecular weight excluding hydrogens is 314 g/mol. The molecule has 0 spiro atoms. The number of carbonyl (C=O) groups excluding carboxylic acids is 2. The average Bonchev–Trinajstić information content (AvgIpc) is 3.02. The fraction of sp³-hybridized carbons (Fsp3) is 0.667. The molecule has 9 nitrogen and oxygen atoms in total. The Bertz CT molecular complexity index is 584. The summed E-state index contributed by atoms with van der Waals surface area (Å²) in [6.45, 7) is 5.62. The summed E-state index contributed by atoms with van der Waals surface area (Å²) in [6.07, 6.45) is 3.01. The maximum absolute atomic E-state index is 12.3. The number of hydrogen-bond acceptors (Lipinski definition) is 6. The molecule has 1 aromatic rings. The maximum Gasteiger partial charge on any atom is 0.244 e. The monoisotopic (exact) mass is 337 g/mol. The Labute approximate surface area is 140 Å². The first-order chi connectivity index (χ1) is 11.6. The molecule has 2 fully saturated rings. The Morgan fingerprint density at radius 3 is 2.92 bits per heavy atom. The highest BCUT2D eigenvalue weighted by atomic mass is 16.5. The van der Waals surface area contributed by atoms with E-state index >= 15 is 0 Å². The lowest BCUT2D eigenvalue weighted by molar-refractivity contribution is -0.136. The molecule has 2 aliphatic heterocycles. The van der Waals surface area contributed by atoms with Crippen molar-refractivity contribution in [3.8, 4) is 0 Å². The number of morpholine rings is 2. The predicted octanol–water partition coefficient (Wildman–Crippen LogP) is -0.943. The molecule has 9 heteroatoms. The van der Waals surface area contributed by atoms with Gasteiger partial charge in [0, 0.05) is 25.8 Å². The van der Waals surface area contributed by atoms with Crippen molar-refractivity contribution in [3.63, 3.8) is 0 Å². The third-order valence-corrected chi connectivity index (χ3v) is 4.16. The van der Waals surface area contributed by atoms with Crippen LogP contribution >= 0.6 is 0 Å². The minimum absolute atomic E-state index is 0.00440. The molecule has 2 amide bonds. The second-order valence-electron chi connectivity index (χ2n) is 5.92. The zero-order valence-corrected chi connectivity index (χ0v) is 13.7. The summed E-state index contributed by atoms with van der Waals surface area (Å²) in [6, 6.07) is -0.392. The van der Waals surface area contributed by atoms with Crippen LogP contribution in [-0.4, -0.2) is 78.1 Å². The molecule has 2 aliphatic rings. The Balaban J connectivity index is 1.53. The molecular formula is C15H23N5O4. The van der Waals surface area contributed by atoms with Gasteiger partial charge in [-0.2, -0.15) is 5.10 Å². The highest BCUT2D eigenvalue weighted by molar-refractivity contribution is 5.95. The van der Waals surface area contributed by atoms with Gasteiger partial charge in [-0.3, -0.25) is 14.3 Å². The topological polar surface area (TPSA) is 97.7 Å². The van der Waals surface area contributed by atoms with Gasteiger partial charge >= 0.3 is 0 Å². The van der Waals surface area contributed by atoms with E-state index in [2.05, 4.69) is 15.7 Å². The molecule has 0 aliphatic carbocycles. The van der Waals surface area contributed by atoms with Crippen LogP contribution < -0.4 is 10.6 Å². The molecule has 3 rings (SSSR count). The van der Waals surface area contributed by atoms with Crippen LogP contribution in [0.5, 0.6) is 0 Å². The van der Waals surface area contributed by atoms with Gasteiger partial charge < -0.3 is 25.0 Å². The van der Waals surface area contributed by atoms with E-state index < -0.39 is 6.04 Å². The Hall–Kier alpha value is -1.97. The number of hydrogen-bond donors (Lipinski definition) is 2. The number of ether oxygens (including phenoxy) is 2. The molecule has 0 aromatic carbocycles. The smallest absolute Gasteiger partial charge is 0.244 e. The van der Waals surface area contributed by atoms with Gasteiger partial charge in [-0.05, 0) is 6.92 Å². The summed E-state index contributed by atoms with van der Waals surface area (Å²) in [5.74, 6) is -0.170. The zero-order chi connectivity index (χ0) is 16.9. The van der Waals surface area contributed by atoms with Crippen LogP contribution in [0.2, 0.25) is 0 Å². The molecule has 132 valence electrons.